The van der Waals surface area contributed by atoms with Crippen molar-refractivity contribution >= 4 is 28.6 Å². The monoisotopic (exact) mass is 216 g/mol. The summed E-state index contributed by atoms with van der Waals surface area (Å²) in [7, 11) is -0.906. The van der Waals surface area contributed by atoms with E-state index in [2.05, 4.69) is 4.40 Å². The van der Waals surface area contributed by atoms with Crippen LogP contribution in [0.5, 0.6) is 0 Å². The Morgan fingerprint density at radius 2 is 2.31 bits per heavy atom. The first-order chi connectivity index (χ1) is 6.15. The normalized spacial score (nSPS) is 22.5. The van der Waals surface area contributed by atoms with Crippen molar-refractivity contribution in [1.29, 1.82) is 0 Å². The van der Waals surface area contributed by atoms with Crippen molar-refractivity contribution in [3.63, 3.8) is 0 Å². The van der Waals surface area contributed by atoms with Crippen LogP contribution in [0.1, 0.15) is 13.3 Å². The Bertz CT molecular complexity index is 318. The minimum absolute atomic E-state index is 0.648. The van der Waals surface area contributed by atoms with E-state index >= 15 is 0 Å². The Labute approximate surface area is 84.9 Å². The lowest BCUT2D eigenvalue weighted by Crippen LogP contribution is -2.08. The highest BCUT2D eigenvalue weighted by Gasteiger charge is 2.12. The number of rotatable bonds is 2. The van der Waals surface area contributed by atoms with Gasteiger partial charge in [-0.3, -0.25) is 9.35 Å². The molecule has 0 heterocycles. The molecule has 72 valence electrons. The summed E-state index contributed by atoms with van der Waals surface area (Å²) in [5, 5.41) is 5.25. The second kappa shape index (κ2) is 4.74. The summed E-state index contributed by atoms with van der Waals surface area (Å²) in [6.45, 7) is 1.97. The highest BCUT2D eigenvalue weighted by Crippen LogP contribution is 2.19. The summed E-state index contributed by atoms with van der Waals surface area (Å²) in [5.41, 5.74) is 2.01. The van der Waals surface area contributed by atoms with Crippen LogP contribution in [0.3, 0.4) is 0 Å². The Morgan fingerprint density at radius 3 is 2.85 bits per heavy atom. The molecule has 0 aromatic rings. The standard InChI is InChI=1S/C8H12N2OS2/c1-6-3-4-7(13(2)11)5-8(6)10-12-9/h3-4H,5,9H2,1-2H3/b10-8+. The summed E-state index contributed by atoms with van der Waals surface area (Å²) in [5.74, 6) is 0. The highest BCUT2D eigenvalue weighted by atomic mass is 32.2. The Kier molecular flexibility index (Phi) is 3.90. The van der Waals surface area contributed by atoms with Crippen LogP contribution in [-0.2, 0) is 10.8 Å². The predicted octanol–water partition coefficient (Wildman–Crippen LogP) is 1.56. The molecule has 0 spiro atoms. The number of nitrogens with zero attached hydrogens (tertiary/aromatic N) is 1. The maximum atomic E-state index is 11.2. The van der Waals surface area contributed by atoms with Crippen molar-refractivity contribution in [2.75, 3.05) is 6.26 Å². The highest BCUT2D eigenvalue weighted by molar-refractivity contribution is 7.95. The lowest BCUT2D eigenvalue weighted by molar-refractivity contribution is 0.690. The van der Waals surface area contributed by atoms with E-state index in [4.69, 9.17) is 5.14 Å². The third kappa shape index (κ3) is 2.79. The molecule has 1 aliphatic carbocycles. The molecule has 3 nitrogen and oxygen atoms in total. The third-order valence-electron chi connectivity index (χ3n) is 1.85. The fraction of sp³-hybridized carbons (Fsp3) is 0.375. The van der Waals surface area contributed by atoms with Crippen LogP contribution in [0.25, 0.3) is 0 Å². The summed E-state index contributed by atoms with van der Waals surface area (Å²) >= 11 is 0.947. The van der Waals surface area contributed by atoms with E-state index in [-0.39, 0.29) is 0 Å². The molecule has 0 saturated carbocycles. The van der Waals surface area contributed by atoms with Crippen molar-refractivity contribution in [3.8, 4) is 0 Å². The van der Waals surface area contributed by atoms with E-state index in [1.807, 2.05) is 19.1 Å². The molecule has 0 aliphatic heterocycles. The van der Waals surface area contributed by atoms with Crippen LogP contribution >= 0.6 is 12.1 Å². The third-order valence-corrected chi connectivity index (χ3v) is 3.19. The maximum Gasteiger partial charge on any atom is 0.0581 e. The van der Waals surface area contributed by atoms with Gasteiger partial charge in [-0.25, -0.2) is 4.40 Å². The summed E-state index contributed by atoms with van der Waals surface area (Å²) in [6.07, 6.45) is 6.14. The van der Waals surface area contributed by atoms with E-state index in [0.29, 0.717) is 6.42 Å². The molecule has 0 amide bonds. The van der Waals surface area contributed by atoms with Gasteiger partial charge in [-0.15, -0.1) is 0 Å². The van der Waals surface area contributed by atoms with Crippen molar-refractivity contribution in [2.45, 2.75) is 13.3 Å². The number of hydrogen-bond acceptors (Lipinski definition) is 4. The molecule has 1 unspecified atom stereocenters. The Balaban J connectivity index is 2.90. The average molecular weight is 216 g/mol. The van der Waals surface area contributed by atoms with Gasteiger partial charge in [0, 0.05) is 28.4 Å². The van der Waals surface area contributed by atoms with Gasteiger partial charge in [0.1, 0.15) is 0 Å². The van der Waals surface area contributed by atoms with Crippen LogP contribution in [0, 0.1) is 0 Å². The van der Waals surface area contributed by atoms with Crippen LogP contribution < -0.4 is 5.14 Å². The summed E-state index contributed by atoms with van der Waals surface area (Å²) < 4.78 is 15.2. The average Bonchev–Trinajstić information content (AvgIpc) is 2.08. The van der Waals surface area contributed by atoms with Gasteiger partial charge in [-0.2, -0.15) is 0 Å². The Hall–Kier alpha value is -0.390. The van der Waals surface area contributed by atoms with Crippen molar-refractivity contribution < 1.29 is 4.21 Å². The van der Waals surface area contributed by atoms with Crippen molar-refractivity contribution in [2.24, 2.45) is 9.54 Å². The number of nitrogens with two attached hydrogens (primary N) is 1. The molecule has 0 fully saturated rings. The first-order valence-electron chi connectivity index (χ1n) is 3.79. The fourth-order valence-electron chi connectivity index (χ4n) is 1.04. The quantitative estimate of drug-likeness (QED) is 0.713. The van der Waals surface area contributed by atoms with Crippen LogP contribution in [-0.4, -0.2) is 16.2 Å². The first kappa shape index (κ1) is 10.7. The largest absolute Gasteiger partial charge is 0.258 e. The van der Waals surface area contributed by atoms with Crippen LogP contribution in [0.2, 0.25) is 0 Å². The van der Waals surface area contributed by atoms with Gasteiger partial charge >= 0.3 is 0 Å². The van der Waals surface area contributed by atoms with Gasteiger partial charge in [0.15, 0.2) is 0 Å². The minimum atomic E-state index is -0.906. The molecule has 1 aliphatic rings. The maximum absolute atomic E-state index is 11.2. The van der Waals surface area contributed by atoms with Gasteiger partial charge in [0.2, 0.25) is 0 Å². The minimum Gasteiger partial charge on any atom is -0.258 e. The molecule has 0 aromatic carbocycles. The van der Waals surface area contributed by atoms with Gasteiger partial charge in [-0.1, -0.05) is 6.08 Å². The molecular weight excluding hydrogens is 204 g/mol. The topological polar surface area (TPSA) is 55.5 Å². The van der Waals surface area contributed by atoms with Gasteiger partial charge < -0.3 is 0 Å². The fourth-order valence-corrected chi connectivity index (χ4v) is 1.98. The molecule has 1 atom stereocenters. The molecule has 0 radical (unpaired) electrons. The second-order valence-electron chi connectivity index (χ2n) is 2.76. The van der Waals surface area contributed by atoms with E-state index in [0.717, 1.165) is 28.3 Å². The van der Waals surface area contributed by atoms with Gasteiger partial charge in [0.05, 0.1) is 17.8 Å². The van der Waals surface area contributed by atoms with Crippen molar-refractivity contribution in [3.05, 3.63) is 22.6 Å². The second-order valence-corrected chi connectivity index (χ2v) is 4.58. The zero-order chi connectivity index (χ0) is 9.84. The van der Waals surface area contributed by atoms with Gasteiger partial charge in [-0.05, 0) is 18.6 Å². The van der Waals surface area contributed by atoms with E-state index < -0.39 is 10.8 Å². The molecule has 0 aromatic heterocycles. The zero-order valence-electron chi connectivity index (χ0n) is 7.61. The van der Waals surface area contributed by atoms with E-state index in [1.165, 1.54) is 0 Å². The molecule has 13 heavy (non-hydrogen) atoms. The molecular formula is C8H12N2OS2. The Morgan fingerprint density at radius 1 is 1.62 bits per heavy atom. The summed E-state index contributed by atoms with van der Waals surface area (Å²) in [6, 6.07) is 0. The van der Waals surface area contributed by atoms with Crippen molar-refractivity contribution in [1.82, 2.24) is 0 Å². The van der Waals surface area contributed by atoms with Gasteiger partial charge in [0.25, 0.3) is 0 Å². The smallest absolute Gasteiger partial charge is 0.0581 e. The number of allylic oxidation sites excluding steroid dienone is 4. The predicted molar refractivity (Wildman–Crippen MR) is 59.7 cm³/mol. The zero-order valence-corrected chi connectivity index (χ0v) is 9.24. The SMILES string of the molecule is CC1=CC=C(S(C)=O)C/C1=N\SN. The lowest BCUT2D eigenvalue weighted by atomic mass is 10.0. The molecule has 0 bridgehead atoms. The van der Waals surface area contributed by atoms with Crippen LogP contribution in [0.4, 0.5) is 0 Å². The van der Waals surface area contributed by atoms with E-state index in [9.17, 15) is 4.21 Å². The summed E-state index contributed by atoms with van der Waals surface area (Å²) in [4.78, 5) is 0.901. The number of hydrogen-bond donors (Lipinski definition) is 1. The van der Waals surface area contributed by atoms with Crippen LogP contribution in [0.15, 0.2) is 27.0 Å². The molecule has 2 N–H and O–H groups in total. The molecule has 0 saturated heterocycles. The van der Waals surface area contributed by atoms with E-state index in [1.54, 1.807) is 6.26 Å². The lowest BCUT2D eigenvalue weighted by Gasteiger charge is -2.11. The molecule has 5 heteroatoms. The molecule has 1 rings (SSSR count). The first-order valence-corrected chi connectivity index (χ1v) is 6.18.